The van der Waals surface area contributed by atoms with Crippen LogP contribution in [0.15, 0.2) is 48.6 Å². The molecule has 1 aliphatic heterocycles. The van der Waals surface area contributed by atoms with Crippen molar-refractivity contribution >= 4 is 17.6 Å². The Morgan fingerprint density at radius 3 is 2.68 bits per heavy atom. The molecule has 6 nitrogen and oxygen atoms in total. The first-order valence-electron chi connectivity index (χ1n) is 11.2. The molecule has 0 bridgehead atoms. The Morgan fingerprint density at radius 1 is 1.16 bits per heavy atom. The first-order chi connectivity index (χ1) is 14.9. The quantitative estimate of drug-likeness (QED) is 0.505. The number of carbonyl (C=O) groups is 2. The van der Waals surface area contributed by atoms with Crippen LogP contribution in [0.1, 0.15) is 51.0 Å². The molecule has 1 aromatic carbocycles. The van der Waals surface area contributed by atoms with Crippen LogP contribution < -0.4 is 5.32 Å². The molecule has 3 rings (SSSR count). The highest BCUT2D eigenvalue weighted by molar-refractivity contribution is 5.88. The van der Waals surface area contributed by atoms with Gasteiger partial charge in [-0.3, -0.25) is 4.79 Å². The monoisotopic (exact) mass is 427 g/mol. The molecule has 5 atom stereocenters. The number of esters is 1. The van der Waals surface area contributed by atoms with Gasteiger partial charge in [0.25, 0.3) is 0 Å². The predicted octanol–water partition coefficient (Wildman–Crippen LogP) is 3.53. The smallest absolute Gasteiger partial charge is 0.330 e. The fourth-order valence-corrected chi connectivity index (χ4v) is 4.49. The number of amides is 1. The van der Waals surface area contributed by atoms with E-state index in [1.807, 2.05) is 24.3 Å². The van der Waals surface area contributed by atoms with Crippen LogP contribution in [0.3, 0.4) is 0 Å². The van der Waals surface area contributed by atoms with Crippen LogP contribution in [-0.2, 0) is 20.7 Å². The standard InChI is InChI=1S/C25H33NO5/c1-17(27)26-20-10-7-18(8-11-20)9-12-22-6-4-2-3-5-19-15-21(28)16-23(19)24(29)13-14-25(30)31-22/h3,5,7-8,10-11,13-14,19,21-24,28-29H,2,4,6,9,12,15-16H2,1H3,(H,26,27)/b5-3+,14-13+/t19-,21+,22-,23-,24-/m1/s1. The molecule has 1 fully saturated rings. The summed E-state index contributed by atoms with van der Waals surface area (Å²) in [4.78, 5) is 23.5. The van der Waals surface area contributed by atoms with E-state index in [1.165, 1.54) is 19.1 Å². The molecule has 0 spiro atoms. The third-order valence-electron chi connectivity index (χ3n) is 6.10. The van der Waals surface area contributed by atoms with Crippen molar-refractivity contribution in [2.45, 2.75) is 70.2 Å². The third kappa shape index (κ3) is 7.33. The number of aliphatic hydroxyl groups excluding tert-OH is 2. The largest absolute Gasteiger partial charge is 0.459 e. The van der Waals surface area contributed by atoms with Gasteiger partial charge in [0.2, 0.25) is 5.91 Å². The van der Waals surface area contributed by atoms with E-state index in [1.54, 1.807) is 0 Å². The number of carbonyl (C=O) groups excluding carboxylic acids is 2. The summed E-state index contributed by atoms with van der Waals surface area (Å²) in [6.45, 7) is 1.48. The first kappa shape index (κ1) is 23.2. The second-order valence-electron chi connectivity index (χ2n) is 8.64. The Labute approximate surface area is 184 Å². The molecule has 0 unspecified atom stereocenters. The highest BCUT2D eigenvalue weighted by Crippen LogP contribution is 2.36. The molecule has 6 heteroatoms. The Kier molecular flexibility index (Phi) is 8.43. The normalized spacial score (nSPS) is 31.3. The Bertz CT molecular complexity index is 801. The van der Waals surface area contributed by atoms with Gasteiger partial charge < -0.3 is 20.3 Å². The molecule has 168 valence electrons. The molecule has 1 aliphatic carbocycles. The van der Waals surface area contributed by atoms with Gasteiger partial charge >= 0.3 is 5.97 Å². The lowest BCUT2D eigenvalue weighted by molar-refractivity contribution is -0.143. The maximum absolute atomic E-state index is 12.3. The van der Waals surface area contributed by atoms with Gasteiger partial charge in [0, 0.05) is 18.7 Å². The Balaban J connectivity index is 1.59. The van der Waals surface area contributed by atoms with Crippen molar-refractivity contribution < 1.29 is 24.5 Å². The maximum Gasteiger partial charge on any atom is 0.330 e. The first-order valence-corrected chi connectivity index (χ1v) is 11.2. The van der Waals surface area contributed by atoms with Gasteiger partial charge in [-0.25, -0.2) is 4.79 Å². The molecule has 1 heterocycles. The second-order valence-corrected chi connectivity index (χ2v) is 8.64. The maximum atomic E-state index is 12.3. The van der Waals surface area contributed by atoms with E-state index < -0.39 is 18.2 Å². The van der Waals surface area contributed by atoms with Crippen molar-refractivity contribution in [2.24, 2.45) is 11.8 Å². The summed E-state index contributed by atoms with van der Waals surface area (Å²) < 4.78 is 5.68. The number of cyclic esters (lactones) is 1. The van der Waals surface area contributed by atoms with Gasteiger partial charge in [-0.15, -0.1) is 0 Å². The van der Waals surface area contributed by atoms with Crippen LogP contribution in [0, 0.1) is 11.8 Å². The van der Waals surface area contributed by atoms with Crippen molar-refractivity contribution in [2.75, 3.05) is 5.32 Å². The molecule has 1 saturated carbocycles. The van der Waals surface area contributed by atoms with Gasteiger partial charge in [-0.1, -0.05) is 24.3 Å². The van der Waals surface area contributed by atoms with Crippen molar-refractivity contribution in [1.29, 1.82) is 0 Å². The van der Waals surface area contributed by atoms with Crippen LogP contribution in [0.2, 0.25) is 0 Å². The number of allylic oxidation sites excluding steroid dienone is 2. The van der Waals surface area contributed by atoms with E-state index in [9.17, 15) is 19.8 Å². The molecule has 1 aromatic rings. The number of aliphatic hydroxyl groups is 2. The molecule has 0 saturated heterocycles. The van der Waals surface area contributed by atoms with Gasteiger partial charge in [0.05, 0.1) is 12.2 Å². The number of fused-ring (bicyclic) bond motifs is 1. The molecule has 3 N–H and O–H groups in total. The zero-order chi connectivity index (χ0) is 22.2. The number of rotatable bonds is 4. The lowest BCUT2D eigenvalue weighted by atomic mass is 9.90. The lowest BCUT2D eigenvalue weighted by Gasteiger charge is -2.19. The number of benzene rings is 1. The molecular weight excluding hydrogens is 394 g/mol. The molecule has 0 aromatic heterocycles. The SMILES string of the molecule is CC(=O)Nc1ccc(CC[C@H]2CCC/C=C/[C@@H]3C[C@H](O)C[C@H]3[C@H](O)/C=C/C(=O)O2)cc1. The molecule has 1 amide bonds. The van der Waals surface area contributed by atoms with Crippen molar-refractivity contribution in [1.82, 2.24) is 0 Å². The highest BCUT2D eigenvalue weighted by atomic mass is 16.5. The highest BCUT2D eigenvalue weighted by Gasteiger charge is 2.35. The van der Waals surface area contributed by atoms with Crippen LogP contribution >= 0.6 is 0 Å². The second kappa shape index (κ2) is 11.3. The summed E-state index contributed by atoms with van der Waals surface area (Å²) in [5.74, 6) is -0.488. The van der Waals surface area contributed by atoms with Crippen LogP contribution in [0.4, 0.5) is 5.69 Å². The summed E-state index contributed by atoms with van der Waals surface area (Å²) in [5, 5.41) is 23.2. The average Bonchev–Trinajstić information content (AvgIpc) is 3.10. The average molecular weight is 428 g/mol. The molecular formula is C25H33NO5. The Morgan fingerprint density at radius 2 is 1.94 bits per heavy atom. The minimum Gasteiger partial charge on any atom is -0.459 e. The summed E-state index contributed by atoms with van der Waals surface area (Å²) >= 11 is 0. The minimum absolute atomic E-state index is 0.0766. The van der Waals surface area contributed by atoms with E-state index in [0.29, 0.717) is 19.3 Å². The molecule has 2 aliphatic rings. The number of hydrogen-bond donors (Lipinski definition) is 3. The number of aryl methyl sites for hydroxylation is 1. The van der Waals surface area contributed by atoms with Crippen LogP contribution in [0.25, 0.3) is 0 Å². The zero-order valence-electron chi connectivity index (χ0n) is 18.1. The van der Waals surface area contributed by atoms with E-state index >= 15 is 0 Å². The summed E-state index contributed by atoms with van der Waals surface area (Å²) in [7, 11) is 0. The number of nitrogens with one attached hydrogen (secondary N) is 1. The van der Waals surface area contributed by atoms with Crippen molar-refractivity contribution in [3.8, 4) is 0 Å². The third-order valence-corrected chi connectivity index (χ3v) is 6.10. The van der Waals surface area contributed by atoms with Gasteiger partial charge in [-0.05, 0) is 80.6 Å². The fraction of sp³-hybridized carbons (Fsp3) is 0.520. The lowest BCUT2D eigenvalue weighted by Crippen LogP contribution is -2.22. The topological polar surface area (TPSA) is 95.9 Å². The number of ether oxygens (including phenoxy) is 1. The Hall–Kier alpha value is -2.44. The van der Waals surface area contributed by atoms with E-state index in [2.05, 4.69) is 17.5 Å². The molecule has 31 heavy (non-hydrogen) atoms. The van der Waals surface area contributed by atoms with E-state index in [0.717, 1.165) is 36.9 Å². The minimum atomic E-state index is -0.777. The molecule has 0 radical (unpaired) electrons. The van der Waals surface area contributed by atoms with Crippen LogP contribution in [0.5, 0.6) is 0 Å². The predicted molar refractivity (Wildman–Crippen MR) is 119 cm³/mol. The number of anilines is 1. The van der Waals surface area contributed by atoms with E-state index in [4.69, 9.17) is 4.74 Å². The zero-order valence-corrected chi connectivity index (χ0v) is 18.1. The number of hydrogen-bond acceptors (Lipinski definition) is 5. The van der Waals surface area contributed by atoms with Crippen molar-refractivity contribution in [3.05, 3.63) is 54.1 Å². The summed E-state index contributed by atoms with van der Waals surface area (Å²) in [6.07, 6.45) is 10.9. The summed E-state index contributed by atoms with van der Waals surface area (Å²) in [6, 6.07) is 7.68. The van der Waals surface area contributed by atoms with Crippen molar-refractivity contribution in [3.63, 3.8) is 0 Å². The summed E-state index contributed by atoms with van der Waals surface area (Å²) in [5.41, 5.74) is 1.88. The fourth-order valence-electron chi connectivity index (χ4n) is 4.49. The van der Waals surface area contributed by atoms with Gasteiger partial charge in [0.1, 0.15) is 6.10 Å². The van der Waals surface area contributed by atoms with Gasteiger partial charge in [-0.2, -0.15) is 0 Å². The van der Waals surface area contributed by atoms with Gasteiger partial charge in [0.15, 0.2) is 0 Å². The van der Waals surface area contributed by atoms with E-state index in [-0.39, 0.29) is 23.8 Å². The van der Waals surface area contributed by atoms with Crippen LogP contribution in [-0.4, -0.2) is 40.4 Å².